The molecular formula is C16H20O4S. The maximum atomic E-state index is 11.6. The van der Waals surface area contributed by atoms with Crippen molar-refractivity contribution in [2.75, 3.05) is 18.6 Å². The van der Waals surface area contributed by atoms with Crippen LogP contribution in [-0.4, -0.2) is 35.8 Å². The molecule has 5 heteroatoms. The highest BCUT2D eigenvalue weighted by atomic mass is 32.2. The van der Waals surface area contributed by atoms with Gasteiger partial charge >= 0.3 is 5.97 Å². The van der Waals surface area contributed by atoms with Crippen LogP contribution < -0.4 is 9.47 Å². The molecule has 0 bridgehead atoms. The molecule has 1 saturated carbocycles. The minimum absolute atomic E-state index is 0.158. The summed E-state index contributed by atoms with van der Waals surface area (Å²) in [4.78, 5) is 11.6. The molecule has 4 nitrogen and oxygen atoms in total. The van der Waals surface area contributed by atoms with Crippen LogP contribution >= 0.6 is 11.8 Å². The number of para-hydroxylation sites is 1. The van der Waals surface area contributed by atoms with Crippen LogP contribution in [0.5, 0.6) is 11.5 Å². The van der Waals surface area contributed by atoms with Gasteiger partial charge in [-0.15, -0.1) is 0 Å². The summed E-state index contributed by atoms with van der Waals surface area (Å²) in [5.74, 6) is 2.70. The lowest BCUT2D eigenvalue weighted by molar-refractivity contribution is -0.140. The molecule has 2 aliphatic rings. The number of hydrogen-bond acceptors (Lipinski definition) is 4. The molecule has 1 N–H and O–H groups in total. The fourth-order valence-corrected chi connectivity index (χ4v) is 3.92. The number of carboxylic acid groups (broad SMARTS) is 1. The van der Waals surface area contributed by atoms with Crippen molar-refractivity contribution in [3.8, 4) is 11.5 Å². The maximum Gasteiger partial charge on any atom is 0.314 e. The predicted molar refractivity (Wildman–Crippen MR) is 82.5 cm³/mol. The average Bonchev–Trinajstić information content (AvgIpc) is 3.30. The van der Waals surface area contributed by atoms with E-state index >= 15 is 0 Å². The fourth-order valence-electron chi connectivity index (χ4n) is 2.86. The second-order valence-electron chi connectivity index (χ2n) is 5.65. The number of carbonyl (C=O) groups is 1. The summed E-state index contributed by atoms with van der Waals surface area (Å²) >= 11 is 1.94. The van der Waals surface area contributed by atoms with E-state index in [1.165, 1.54) is 0 Å². The summed E-state index contributed by atoms with van der Waals surface area (Å²) in [5.41, 5.74) is 0.000359. The summed E-state index contributed by atoms with van der Waals surface area (Å²) in [6.45, 7) is 0. The summed E-state index contributed by atoms with van der Waals surface area (Å²) in [7, 11) is 1.60. The lowest BCUT2D eigenvalue weighted by Gasteiger charge is -2.26. The van der Waals surface area contributed by atoms with Gasteiger partial charge in [0.1, 0.15) is 6.10 Å². The normalized spacial score (nSPS) is 20.8. The van der Waals surface area contributed by atoms with Gasteiger partial charge in [0.2, 0.25) is 0 Å². The molecule has 1 saturated heterocycles. The van der Waals surface area contributed by atoms with Gasteiger partial charge in [0, 0.05) is 5.56 Å². The van der Waals surface area contributed by atoms with Crippen molar-refractivity contribution in [3.05, 3.63) is 23.8 Å². The Morgan fingerprint density at radius 2 is 2.05 bits per heavy atom. The fraction of sp³-hybridized carbons (Fsp3) is 0.562. The second kappa shape index (κ2) is 5.79. The van der Waals surface area contributed by atoms with Crippen molar-refractivity contribution in [1.82, 2.24) is 0 Å². The van der Waals surface area contributed by atoms with Crippen molar-refractivity contribution >= 4 is 17.7 Å². The number of aliphatic carboxylic acids is 1. The van der Waals surface area contributed by atoms with Crippen molar-refractivity contribution in [2.45, 2.75) is 37.2 Å². The third-order valence-electron chi connectivity index (χ3n) is 4.33. The Morgan fingerprint density at radius 1 is 1.33 bits per heavy atom. The van der Waals surface area contributed by atoms with Gasteiger partial charge in [-0.3, -0.25) is 4.79 Å². The van der Waals surface area contributed by atoms with E-state index in [0.717, 1.165) is 29.9 Å². The molecule has 114 valence electrons. The second-order valence-corrected chi connectivity index (χ2v) is 6.88. The van der Waals surface area contributed by atoms with Gasteiger partial charge in [0.15, 0.2) is 11.5 Å². The van der Waals surface area contributed by atoms with Gasteiger partial charge in [-0.1, -0.05) is 12.1 Å². The highest BCUT2D eigenvalue weighted by Gasteiger charge is 2.54. The Kier molecular flexibility index (Phi) is 4.02. The summed E-state index contributed by atoms with van der Waals surface area (Å²) < 4.78 is 11.6. The summed E-state index contributed by atoms with van der Waals surface area (Å²) in [6.07, 6.45) is 3.51. The summed E-state index contributed by atoms with van der Waals surface area (Å²) in [6, 6.07) is 5.56. The first-order valence-electron chi connectivity index (χ1n) is 7.32. The third-order valence-corrected chi connectivity index (χ3v) is 5.38. The van der Waals surface area contributed by atoms with Crippen LogP contribution in [-0.2, 0) is 10.2 Å². The first-order chi connectivity index (χ1) is 10.2. The summed E-state index contributed by atoms with van der Waals surface area (Å²) in [5, 5.41) is 9.55. The van der Waals surface area contributed by atoms with Gasteiger partial charge in [0.05, 0.1) is 12.5 Å². The largest absolute Gasteiger partial charge is 0.493 e. The monoisotopic (exact) mass is 308 g/mol. The molecule has 3 rings (SSSR count). The smallest absolute Gasteiger partial charge is 0.314 e. The first kappa shape index (κ1) is 14.6. The van der Waals surface area contributed by atoms with Crippen LogP contribution in [0.4, 0.5) is 0 Å². The number of ether oxygens (including phenoxy) is 2. The van der Waals surface area contributed by atoms with Crippen molar-refractivity contribution in [2.24, 2.45) is 0 Å². The van der Waals surface area contributed by atoms with Gasteiger partial charge in [-0.25, -0.2) is 0 Å². The highest BCUT2D eigenvalue weighted by molar-refractivity contribution is 7.99. The number of carboxylic acids is 1. The Balaban J connectivity index is 1.94. The standard InChI is InChI=1S/C16H20O4S/c1-19-13-4-2-3-12(16(7-8-16)15(17)18)14(13)20-11-5-9-21-10-6-11/h2-4,11H,5-10H2,1H3,(H,17,18). The molecule has 2 fully saturated rings. The molecule has 0 atom stereocenters. The number of benzene rings is 1. The Labute approximate surface area is 128 Å². The molecule has 0 spiro atoms. The van der Waals surface area contributed by atoms with E-state index < -0.39 is 11.4 Å². The van der Waals surface area contributed by atoms with E-state index in [9.17, 15) is 9.90 Å². The van der Waals surface area contributed by atoms with Crippen LogP contribution in [0, 0.1) is 0 Å². The van der Waals surface area contributed by atoms with Crippen molar-refractivity contribution in [3.63, 3.8) is 0 Å². The molecular weight excluding hydrogens is 288 g/mol. The lowest BCUT2D eigenvalue weighted by Crippen LogP contribution is -2.26. The Morgan fingerprint density at radius 3 is 2.62 bits per heavy atom. The van der Waals surface area contributed by atoms with Crippen LogP contribution in [0.1, 0.15) is 31.2 Å². The highest BCUT2D eigenvalue weighted by Crippen LogP contribution is 2.53. The van der Waals surface area contributed by atoms with Crippen molar-refractivity contribution in [1.29, 1.82) is 0 Å². The molecule has 0 aromatic heterocycles. The zero-order valence-electron chi connectivity index (χ0n) is 12.1. The molecule has 1 aromatic rings. The molecule has 21 heavy (non-hydrogen) atoms. The lowest BCUT2D eigenvalue weighted by atomic mass is 9.94. The number of rotatable bonds is 5. The molecule has 0 radical (unpaired) electrons. The molecule has 0 unspecified atom stereocenters. The van der Waals surface area contributed by atoms with Crippen molar-refractivity contribution < 1.29 is 19.4 Å². The average molecular weight is 308 g/mol. The number of thioether (sulfide) groups is 1. The Bertz CT molecular complexity index is 533. The Hall–Kier alpha value is -1.36. The predicted octanol–water partition coefficient (Wildman–Crippen LogP) is 3.09. The molecule has 1 aromatic carbocycles. The zero-order valence-corrected chi connectivity index (χ0v) is 12.9. The van der Waals surface area contributed by atoms with E-state index in [1.807, 2.05) is 30.0 Å². The van der Waals surface area contributed by atoms with Gasteiger partial charge in [0.25, 0.3) is 0 Å². The van der Waals surface area contributed by atoms with E-state index in [2.05, 4.69) is 0 Å². The van der Waals surface area contributed by atoms with Crippen LogP contribution in [0.3, 0.4) is 0 Å². The van der Waals surface area contributed by atoms with Gasteiger partial charge in [-0.2, -0.15) is 11.8 Å². The SMILES string of the molecule is COc1cccc(C2(C(=O)O)CC2)c1OC1CCSCC1. The number of hydrogen-bond donors (Lipinski definition) is 1. The number of methoxy groups -OCH3 is 1. The van der Waals surface area contributed by atoms with E-state index in [1.54, 1.807) is 7.11 Å². The molecule has 1 aliphatic heterocycles. The molecule has 0 amide bonds. The minimum atomic E-state index is -0.771. The van der Waals surface area contributed by atoms with Gasteiger partial charge < -0.3 is 14.6 Å². The third kappa shape index (κ3) is 2.71. The maximum absolute atomic E-state index is 11.6. The van der Waals surface area contributed by atoms with Crippen LogP contribution in [0.15, 0.2) is 18.2 Å². The van der Waals surface area contributed by atoms with Gasteiger partial charge in [-0.05, 0) is 43.3 Å². The molecule has 1 aliphatic carbocycles. The van der Waals surface area contributed by atoms with Crippen LogP contribution in [0.2, 0.25) is 0 Å². The minimum Gasteiger partial charge on any atom is -0.493 e. The van der Waals surface area contributed by atoms with E-state index in [0.29, 0.717) is 24.3 Å². The van der Waals surface area contributed by atoms with E-state index in [-0.39, 0.29) is 6.10 Å². The topological polar surface area (TPSA) is 55.8 Å². The molecule has 1 heterocycles. The quantitative estimate of drug-likeness (QED) is 0.906. The van der Waals surface area contributed by atoms with Crippen LogP contribution in [0.25, 0.3) is 0 Å². The van der Waals surface area contributed by atoms with E-state index in [4.69, 9.17) is 9.47 Å². The zero-order chi connectivity index (χ0) is 14.9. The first-order valence-corrected chi connectivity index (χ1v) is 8.48.